The number of amidine groups is 1. The topological polar surface area (TPSA) is 73.1 Å². The van der Waals surface area contributed by atoms with Gasteiger partial charge in [0.1, 0.15) is 0 Å². The molecule has 2 heterocycles. The standard InChI is InChI=1S/C21H19ClN2O3S.BrH/c22-14-8-6-13(7-9-14)21(27)17(11-18(25)26)28-20-23-19-15-4-2-1-3-12(15)5-10-16(19)24(20)21;/h1-4,6-9,16-17,19,27H,5,10-11H2,(H,25,26);1H/t16?,17-,19?,21+;/m0./s1. The molecule has 1 aliphatic carbocycles. The molecule has 0 saturated carbocycles. The first-order valence-corrected chi connectivity index (χ1v) is 10.6. The number of aliphatic imine (C=N–C) groups is 1. The monoisotopic (exact) mass is 494 g/mol. The summed E-state index contributed by atoms with van der Waals surface area (Å²) in [6.45, 7) is 0. The van der Waals surface area contributed by atoms with Crippen LogP contribution in [0.15, 0.2) is 53.5 Å². The Balaban J connectivity index is 0.00000205. The number of thioether (sulfide) groups is 1. The van der Waals surface area contributed by atoms with Crippen molar-refractivity contribution in [3.05, 3.63) is 70.2 Å². The van der Waals surface area contributed by atoms with E-state index in [2.05, 4.69) is 12.1 Å². The van der Waals surface area contributed by atoms with Crippen molar-refractivity contribution >= 4 is 51.5 Å². The van der Waals surface area contributed by atoms with E-state index in [1.54, 1.807) is 24.3 Å². The van der Waals surface area contributed by atoms with E-state index in [4.69, 9.17) is 16.6 Å². The van der Waals surface area contributed by atoms with Crippen LogP contribution in [0, 0.1) is 0 Å². The normalized spacial score (nSPS) is 29.4. The lowest BCUT2D eigenvalue weighted by molar-refractivity contribution is -0.141. The molecule has 2 aromatic carbocycles. The van der Waals surface area contributed by atoms with Gasteiger partial charge in [-0.2, -0.15) is 0 Å². The van der Waals surface area contributed by atoms with Gasteiger partial charge in [0.05, 0.1) is 23.8 Å². The first-order valence-electron chi connectivity index (χ1n) is 9.30. The van der Waals surface area contributed by atoms with Crippen LogP contribution in [0.1, 0.15) is 35.6 Å². The third-order valence-corrected chi connectivity index (χ3v) is 7.47. The van der Waals surface area contributed by atoms with Crippen molar-refractivity contribution in [2.24, 2.45) is 4.99 Å². The number of aliphatic hydroxyl groups is 1. The van der Waals surface area contributed by atoms with Gasteiger partial charge in [0.15, 0.2) is 10.9 Å². The highest BCUT2D eigenvalue weighted by Crippen LogP contribution is 2.55. The van der Waals surface area contributed by atoms with Gasteiger partial charge < -0.3 is 15.1 Å². The van der Waals surface area contributed by atoms with Crippen molar-refractivity contribution in [2.45, 2.75) is 42.3 Å². The Labute approximate surface area is 188 Å². The number of hydrogen-bond donors (Lipinski definition) is 2. The molecule has 0 spiro atoms. The lowest BCUT2D eigenvalue weighted by atomic mass is 9.83. The summed E-state index contributed by atoms with van der Waals surface area (Å²) in [6, 6.07) is 15.3. The second-order valence-electron chi connectivity index (χ2n) is 7.47. The van der Waals surface area contributed by atoms with Gasteiger partial charge in [0.2, 0.25) is 0 Å². The quantitative estimate of drug-likeness (QED) is 0.661. The van der Waals surface area contributed by atoms with Crippen molar-refractivity contribution in [1.29, 1.82) is 0 Å². The van der Waals surface area contributed by atoms with Gasteiger partial charge in [-0.25, -0.2) is 0 Å². The maximum Gasteiger partial charge on any atom is 0.304 e. The van der Waals surface area contributed by atoms with E-state index in [1.807, 2.05) is 17.0 Å². The summed E-state index contributed by atoms with van der Waals surface area (Å²) in [7, 11) is 0. The van der Waals surface area contributed by atoms with Crippen LogP contribution >= 0.6 is 40.3 Å². The second kappa shape index (κ2) is 7.61. The summed E-state index contributed by atoms with van der Waals surface area (Å²) < 4.78 is 0. The highest BCUT2D eigenvalue weighted by molar-refractivity contribution is 8.93. The molecule has 3 aliphatic rings. The molecular weight excluding hydrogens is 476 g/mol. The number of halogens is 2. The summed E-state index contributed by atoms with van der Waals surface area (Å²) in [5.41, 5.74) is 1.73. The summed E-state index contributed by atoms with van der Waals surface area (Å²) >= 11 is 7.41. The van der Waals surface area contributed by atoms with Gasteiger partial charge in [-0.05, 0) is 36.1 Å². The van der Waals surface area contributed by atoms with Crippen molar-refractivity contribution in [3.63, 3.8) is 0 Å². The lowest BCUT2D eigenvalue weighted by Gasteiger charge is -2.42. The van der Waals surface area contributed by atoms with Crippen LogP contribution in [0.25, 0.3) is 0 Å². The van der Waals surface area contributed by atoms with E-state index >= 15 is 0 Å². The van der Waals surface area contributed by atoms with Crippen molar-refractivity contribution in [3.8, 4) is 0 Å². The number of carboxylic acids is 1. The van der Waals surface area contributed by atoms with Crippen LogP contribution in [0.5, 0.6) is 0 Å². The van der Waals surface area contributed by atoms with Gasteiger partial charge >= 0.3 is 5.97 Å². The molecule has 0 radical (unpaired) electrons. The van der Waals surface area contributed by atoms with E-state index < -0.39 is 16.9 Å². The summed E-state index contributed by atoms with van der Waals surface area (Å²) in [4.78, 5) is 18.4. The number of rotatable bonds is 3. The number of hydrogen-bond acceptors (Lipinski definition) is 5. The first kappa shape index (κ1) is 20.7. The van der Waals surface area contributed by atoms with Gasteiger partial charge in [0, 0.05) is 10.6 Å². The molecule has 2 N–H and O–H groups in total. The van der Waals surface area contributed by atoms with Crippen molar-refractivity contribution in [1.82, 2.24) is 4.90 Å². The average Bonchev–Trinajstić information content (AvgIpc) is 3.18. The van der Waals surface area contributed by atoms with Gasteiger partial charge in [-0.15, -0.1) is 17.0 Å². The molecule has 0 aromatic heterocycles. The molecule has 1 saturated heterocycles. The molecular formula is C21H20BrClN2O3S. The summed E-state index contributed by atoms with van der Waals surface area (Å²) in [6.07, 6.45) is 1.64. The minimum absolute atomic E-state index is 0. The number of aliphatic carboxylic acids is 1. The van der Waals surface area contributed by atoms with E-state index in [-0.39, 0.29) is 35.5 Å². The fourth-order valence-corrected chi connectivity index (χ4v) is 6.26. The van der Waals surface area contributed by atoms with Crippen LogP contribution in [-0.4, -0.2) is 37.5 Å². The second-order valence-corrected chi connectivity index (χ2v) is 9.08. The number of aryl methyl sites for hydroxylation is 1. The zero-order valence-electron chi connectivity index (χ0n) is 15.4. The average molecular weight is 496 g/mol. The maximum atomic E-state index is 11.9. The number of carbonyl (C=O) groups is 1. The van der Waals surface area contributed by atoms with E-state index in [1.165, 1.54) is 22.9 Å². The predicted molar refractivity (Wildman–Crippen MR) is 120 cm³/mol. The van der Waals surface area contributed by atoms with Crippen LogP contribution < -0.4 is 0 Å². The zero-order valence-corrected chi connectivity index (χ0v) is 18.6. The molecule has 0 amide bonds. The van der Waals surface area contributed by atoms with Crippen LogP contribution in [0.4, 0.5) is 0 Å². The Morgan fingerprint density at radius 3 is 2.69 bits per heavy atom. The fourth-order valence-electron chi connectivity index (χ4n) is 4.68. The maximum absolute atomic E-state index is 11.9. The Hall–Kier alpha value is -1.54. The number of benzene rings is 2. The van der Waals surface area contributed by atoms with E-state index in [0.717, 1.165) is 18.0 Å². The van der Waals surface area contributed by atoms with Crippen LogP contribution in [-0.2, 0) is 16.9 Å². The molecule has 5 nitrogen and oxygen atoms in total. The minimum atomic E-state index is -1.43. The molecule has 29 heavy (non-hydrogen) atoms. The molecule has 1 fully saturated rings. The number of fused-ring (bicyclic) bond motifs is 5. The Bertz CT molecular complexity index is 986. The Kier molecular flexibility index (Phi) is 5.44. The predicted octanol–water partition coefficient (Wildman–Crippen LogP) is 4.38. The largest absolute Gasteiger partial charge is 0.481 e. The molecule has 8 heteroatoms. The summed E-state index contributed by atoms with van der Waals surface area (Å²) in [5.74, 6) is -0.933. The van der Waals surface area contributed by atoms with Crippen LogP contribution in [0.3, 0.4) is 0 Å². The number of carboxylic acid groups (broad SMARTS) is 1. The smallest absolute Gasteiger partial charge is 0.304 e. The van der Waals surface area contributed by atoms with E-state index in [0.29, 0.717) is 10.6 Å². The third-order valence-electron chi connectivity index (χ3n) is 5.93. The van der Waals surface area contributed by atoms with Gasteiger partial charge in [-0.3, -0.25) is 9.79 Å². The molecule has 2 aromatic rings. The van der Waals surface area contributed by atoms with Gasteiger partial charge in [0.25, 0.3) is 0 Å². The van der Waals surface area contributed by atoms with Crippen molar-refractivity contribution in [2.75, 3.05) is 0 Å². The van der Waals surface area contributed by atoms with Crippen molar-refractivity contribution < 1.29 is 15.0 Å². The number of nitrogens with zero attached hydrogens (tertiary/aromatic N) is 2. The van der Waals surface area contributed by atoms with E-state index in [9.17, 15) is 15.0 Å². The molecule has 152 valence electrons. The molecule has 0 bridgehead atoms. The first-order chi connectivity index (χ1) is 13.5. The molecule has 5 rings (SSSR count). The molecule has 2 unspecified atom stereocenters. The van der Waals surface area contributed by atoms with Gasteiger partial charge in [-0.1, -0.05) is 59.8 Å². The highest BCUT2D eigenvalue weighted by atomic mass is 79.9. The highest BCUT2D eigenvalue weighted by Gasteiger charge is 2.59. The minimum Gasteiger partial charge on any atom is -0.481 e. The SMILES string of the molecule is Br.O=C(O)C[C@@H]1SC2=NC3c4ccccc4CCC3N2[C@@]1(O)c1ccc(Cl)cc1. The third kappa shape index (κ3) is 3.19. The molecule has 4 atom stereocenters. The summed E-state index contributed by atoms with van der Waals surface area (Å²) in [5, 5.41) is 22.1. The van der Waals surface area contributed by atoms with Crippen LogP contribution in [0.2, 0.25) is 5.02 Å². The molecule has 2 aliphatic heterocycles. The zero-order chi connectivity index (χ0) is 19.5. The Morgan fingerprint density at radius 2 is 1.97 bits per heavy atom. The lowest BCUT2D eigenvalue weighted by Crippen LogP contribution is -2.53. The Morgan fingerprint density at radius 1 is 1.24 bits per heavy atom. The fraction of sp³-hybridized carbons (Fsp3) is 0.333.